The van der Waals surface area contributed by atoms with E-state index >= 15 is 0 Å². The van der Waals surface area contributed by atoms with Crippen molar-refractivity contribution >= 4 is 5.69 Å². The van der Waals surface area contributed by atoms with Crippen LogP contribution >= 0.6 is 0 Å². The number of hydrogen-bond acceptors (Lipinski definition) is 3. The van der Waals surface area contributed by atoms with Gasteiger partial charge < -0.3 is 10.5 Å². The normalized spacial score (nSPS) is 10.3. The Bertz CT molecular complexity index is 535. The highest BCUT2D eigenvalue weighted by molar-refractivity contribution is 5.72. The molecule has 1 aromatic carbocycles. The monoisotopic (exact) mass is 236 g/mol. The quantitative estimate of drug-likeness (QED) is 0.815. The number of nitrogens with two attached hydrogens (primary N) is 1. The first-order valence-electron chi connectivity index (χ1n) is 4.86. The number of nitrogen functional groups attached to an aromatic ring is 1. The van der Waals surface area contributed by atoms with Crippen LogP contribution in [0.2, 0.25) is 0 Å². The van der Waals surface area contributed by atoms with E-state index in [1.807, 2.05) is 0 Å². The number of ether oxygens (including phenoxy) is 1. The molecular weight excluding hydrogens is 226 g/mol. The molecule has 0 atom stereocenters. The van der Waals surface area contributed by atoms with Crippen LogP contribution in [0.4, 0.5) is 14.5 Å². The molecule has 0 spiro atoms. The maximum Gasteiger partial charge on any atom is 0.145 e. The van der Waals surface area contributed by atoms with Crippen molar-refractivity contribution in [2.75, 3.05) is 12.8 Å². The Morgan fingerprint density at radius 3 is 2.47 bits per heavy atom. The van der Waals surface area contributed by atoms with E-state index in [2.05, 4.69) is 4.98 Å². The summed E-state index contributed by atoms with van der Waals surface area (Å²) in [5.74, 6) is -1.16. The molecule has 0 saturated carbocycles. The van der Waals surface area contributed by atoms with Crippen LogP contribution in [0.15, 0.2) is 30.6 Å². The number of aromatic nitrogens is 1. The number of anilines is 1. The van der Waals surface area contributed by atoms with Crippen LogP contribution in [0.1, 0.15) is 0 Å². The van der Waals surface area contributed by atoms with Gasteiger partial charge in [0, 0.05) is 17.4 Å². The summed E-state index contributed by atoms with van der Waals surface area (Å²) in [5, 5.41) is 0. The molecule has 0 saturated heterocycles. The molecule has 0 aliphatic rings. The molecule has 0 radical (unpaired) electrons. The van der Waals surface area contributed by atoms with Gasteiger partial charge in [-0.1, -0.05) is 0 Å². The average molecular weight is 236 g/mol. The highest BCUT2D eigenvalue weighted by Crippen LogP contribution is 2.33. The summed E-state index contributed by atoms with van der Waals surface area (Å²) < 4.78 is 32.4. The molecule has 3 nitrogen and oxygen atoms in total. The highest BCUT2D eigenvalue weighted by atomic mass is 19.1. The Hall–Kier alpha value is -2.17. The van der Waals surface area contributed by atoms with E-state index < -0.39 is 11.6 Å². The van der Waals surface area contributed by atoms with Crippen LogP contribution in [-0.2, 0) is 0 Å². The number of methoxy groups -OCH3 is 1. The highest BCUT2D eigenvalue weighted by Gasteiger charge is 2.16. The first kappa shape index (κ1) is 11.3. The topological polar surface area (TPSA) is 48.1 Å². The van der Waals surface area contributed by atoms with Gasteiger partial charge in [0.1, 0.15) is 17.4 Å². The van der Waals surface area contributed by atoms with Crippen molar-refractivity contribution in [3.63, 3.8) is 0 Å². The fraction of sp³-hybridized carbons (Fsp3) is 0.0833. The van der Waals surface area contributed by atoms with Crippen molar-refractivity contribution < 1.29 is 13.5 Å². The number of pyridine rings is 1. The van der Waals surface area contributed by atoms with Crippen molar-refractivity contribution in [2.24, 2.45) is 0 Å². The molecule has 1 aromatic heterocycles. The zero-order chi connectivity index (χ0) is 12.4. The Kier molecular flexibility index (Phi) is 2.91. The number of halogens is 2. The smallest absolute Gasteiger partial charge is 0.145 e. The van der Waals surface area contributed by atoms with Gasteiger partial charge in [-0.3, -0.25) is 4.98 Å². The van der Waals surface area contributed by atoms with Crippen LogP contribution in [0.25, 0.3) is 11.1 Å². The number of nitrogens with zero attached hydrogens (tertiary/aromatic N) is 1. The molecule has 1 heterocycles. The zero-order valence-electron chi connectivity index (χ0n) is 9.08. The first-order valence-corrected chi connectivity index (χ1v) is 4.86. The van der Waals surface area contributed by atoms with E-state index in [-0.39, 0.29) is 11.3 Å². The minimum Gasteiger partial charge on any atom is -0.494 e. The molecule has 88 valence electrons. The molecule has 2 rings (SSSR count). The van der Waals surface area contributed by atoms with Gasteiger partial charge in [-0.05, 0) is 18.2 Å². The van der Waals surface area contributed by atoms with Crippen molar-refractivity contribution in [2.45, 2.75) is 0 Å². The molecule has 2 aromatic rings. The molecule has 0 aliphatic heterocycles. The van der Waals surface area contributed by atoms with E-state index in [1.165, 1.54) is 25.6 Å². The zero-order valence-corrected chi connectivity index (χ0v) is 9.08. The Balaban J connectivity index is 2.68. The second kappa shape index (κ2) is 4.37. The lowest BCUT2D eigenvalue weighted by Gasteiger charge is -2.10. The molecular formula is C12H10F2N2O. The van der Waals surface area contributed by atoms with Crippen LogP contribution in [-0.4, -0.2) is 12.1 Å². The van der Waals surface area contributed by atoms with E-state index in [9.17, 15) is 8.78 Å². The molecule has 0 fully saturated rings. The van der Waals surface area contributed by atoms with Crippen LogP contribution in [0.3, 0.4) is 0 Å². The minimum absolute atomic E-state index is 0.0387. The Morgan fingerprint density at radius 2 is 1.88 bits per heavy atom. The predicted octanol–water partition coefficient (Wildman–Crippen LogP) is 2.62. The third-order valence-electron chi connectivity index (χ3n) is 2.34. The fourth-order valence-electron chi connectivity index (χ4n) is 1.60. The van der Waals surface area contributed by atoms with Gasteiger partial charge in [0.25, 0.3) is 0 Å². The first-order chi connectivity index (χ1) is 8.13. The SMILES string of the molecule is COc1cnccc1-c1c(F)cc(N)cc1F. The second-order valence-corrected chi connectivity index (χ2v) is 3.44. The third-order valence-corrected chi connectivity index (χ3v) is 2.34. The van der Waals surface area contributed by atoms with Crippen LogP contribution < -0.4 is 10.5 Å². The van der Waals surface area contributed by atoms with E-state index in [1.54, 1.807) is 0 Å². The average Bonchev–Trinajstić information content (AvgIpc) is 2.28. The van der Waals surface area contributed by atoms with Crippen LogP contribution in [0, 0.1) is 11.6 Å². The maximum atomic E-state index is 13.7. The van der Waals surface area contributed by atoms with Gasteiger partial charge in [-0.2, -0.15) is 0 Å². The van der Waals surface area contributed by atoms with Gasteiger partial charge in [0.05, 0.1) is 18.9 Å². The minimum atomic E-state index is -0.730. The summed E-state index contributed by atoms with van der Waals surface area (Å²) in [4.78, 5) is 3.82. The molecule has 0 amide bonds. The lowest BCUT2D eigenvalue weighted by Crippen LogP contribution is -1.97. The van der Waals surface area contributed by atoms with Crippen molar-refractivity contribution in [3.05, 3.63) is 42.2 Å². The molecule has 2 N–H and O–H groups in total. The molecule has 0 bridgehead atoms. The summed E-state index contributed by atoms with van der Waals surface area (Å²) in [6.07, 6.45) is 2.83. The van der Waals surface area contributed by atoms with Gasteiger partial charge in [0.15, 0.2) is 0 Å². The summed E-state index contributed by atoms with van der Waals surface area (Å²) in [7, 11) is 1.41. The van der Waals surface area contributed by atoms with Crippen LogP contribution in [0.5, 0.6) is 5.75 Å². The van der Waals surface area contributed by atoms with Gasteiger partial charge >= 0.3 is 0 Å². The fourth-order valence-corrected chi connectivity index (χ4v) is 1.60. The van der Waals surface area contributed by atoms with E-state index in [0.29, 0.717) is 11.3 Å². The van der Waals surface area contributed by atoms with E-state index in [0.717, 1.165) is 12.1 Å². The standard InChI is InChI=1S/C12H10F2N2O/c1-17-11-6-16-3-2-8(11)12-9(13)4-7(15)5-10(12)14/h2-6H,15H2,1H3. The predicted molar refractivity (Wildman–Crippen MR) is 60.6 cm³/mol. The van der Waals surface area contributed by atoms with Gasteiger partial charge in [-0.25, -0.2) is 8.78 Å². The van der Waals surface area contributed by atoms with Crippen molar-refractivity contribution in [1.82, 2.24) is 4.98 Å². The summed E-state index contributed by atoms with van der Waals surface area (Å²) in [5.41, 5.74) is 5.53. The van der Waals surface area contributed by atoms with Gasteiger partial charge in [-0.15, -0.1) is 0 Å². The Labute approximate surface area is 96.9 Å². The van der Waals surface area contributed by atoms with Crippen molar-refractivity contribution in [1.29, 1.82) is 0 Å². The third kappa shape index (κ3) is 2.04. The summed E-state index contributed by atoms with van der Waals surface area (Å²) >= 11 is 0. The molecule has 0 aliphatic carbocycles. The lowest BCUT2D eigenvalue weighted by molar-refractivity contribution is 0.414. The Morgan fingerprint density at radius 1 is 1.24 bits per heavy atom. The molecule has 5 heteroatoms. The van der Waals surface area contributed by atoms with Gasteiger partial charge in [0.2, 0.25) is 0 Å². The van der Waals surface area contributed by atoms with E-state index in [4.69, 9.17) is 10.5 Å². The number of benzene rings is 1. The molecule has 17 heavy (non-hydrogen) atoms. The van der Waals surface area contributed by atoms with Crippen molar-refractivity contribution in [3.8, 4) is 16.9 Å². The summed E-state index contributed by atoms with van der Waals surface area (Å²) in [6, 6.07) is 3.62. The number of rotatable bonds is 2. The lowest BCUT2D eigenvalue weighted by atomic mass is 10.0. The largest absolute Gasteiger partial charge is 0.494 e. The molecule has 0 unspecified atom stereocenters. The summed E-state index contributed by atoms with van der Waals surface area (Å²) in [6.45, 7) is 0. The maximum absolute atomic E-state index is 13.7. The number of hydrogen-bond donors (Lipinski definition) is 1. The second-order valence-electron chi connectivity index (χ2n) is 3.44.